The summed E-state index contributed by atoms with van der Waals surface area (Å²) in [5, 5.41) is 5.28. The highest BCUT2D eigenvalue weighted by molar-refractivity contribution is 6.12. The molecule has 21 heavy (non-hydrogen) atoms. The Balaban J connectivity index is 2.13. The quantitative estimate of drug-likeness (QED) is 0.412. The van der Waals surface area contributed by atoms with Crippen LogP contribution in [-0.4, -0.2) is 0 Å². The molecule has 2 aliphatic heterocycles. The van der Waals surface area contributed by atoms with Crippen LogP contribution in [0.2, 0.25) is 0 Å². The molecular weight excluding hydrogens is 256 g/mol. The molecule has 0 N–H and O–H groups in total. The molecule has 0 aromatic heterocycles. The Morgan fingerprint density at radius 2 is 1.00 bits per heavy atom. The van der Waals surface area contributed by atoms with Crippen molar-refractivity contribution in [3.05, 3.63) is 71.8 Å². The Bertz CT molecular complexity index is 876. The molecule has 0 amide bonds. The van der Waals surface area contributed by atoms with Gasteiger partial charge in [0.2, 0.25) is 0 Å². The largest absolute Gasteiger partial charge is 0.351 e. The summed E-state index contributed by atoms with van der Waals surface area (Å²) in [7, 11) is 0. The Morgan fingerprint density at radius 3 is 1.43 bits per heavy atom. The summed E-state index contributed by atoms with van der Waals surface area (Å²) in [5.74, 6) is 0. The van der Waals surface area contributed by atoms with Gasteiger partial charge in [0.05, 0.1) is 0 Å². The third kappa shape index (κ3) is 1.22. The summed E-state index contributed by atoms with van der Waals surface area (Å²) in [6.45, 7) is 4.36. The number of rotatable bonds is 0. The lowest BCUT2D eigenvalue weighted by Gasteiger charge is -2.22. The topological polar surface area (TPSA) is 9.23 Å². The third-order valence-electron chi connectivity index (χ3n) is 5.07. The Kier molecular flexibility index (Phi) is 1.85. The number of benzene rings is 3. The van der Waals surface area contributed by atoms with Crippen molar-refractivity contribution in [1.29, 1.82) is 0 Å². The lowest BCUT2D eigenvalue weighted by atomic mass is 9.77. The maximum atomic E-state index is 6.42. The average molecular weight is 272 g/mol. The van der Waals surface area contributed by atoms with Crippen LogP contribution < -0.4 is 0 Å². The Hall–Kier alpha value is -2.12. The van der Waals surface area contributed by atoms with Crippen LogP contribution in [0.4, 0.5) is 0 Å². The summed E-state index contributed by atoms with van der Waals surface area (Å²) >= 11 is 0. The van der Waals surface area contributed by atoms with E-state index in [0.29, 0.717) is 0 Å². The number of fused-ring (bicyclic) bond motifs is 10. The predicted octanol–water partition coefficient (Wildman–Crippen LogP) is 5.02. The Morgan fingerprint density at radius 1 is 0.619 bits per heavy atom. The van der Waals surface area contributed by atoms with Crippen LogP contribution >= 0.6 is 0 Å². The second-order valence-electron chi connectivity index (χ2n) is 6.49. The molecule has 0 spiro atoms. The molecule has 0 aliphatic carbocycles. The molecule has 5 rings (SSSR count). The van der Waals surface area contributed by atoms with E-state index in [1.165, 1.54) is 32.7 Å². The zero-order valence-corrected chi connectivity index (χ0v) is 12.2. The van der Waals surface area contributed by atoms with Crippen molar-refractivity contribution in [3.8, 4) is 0 Å². The lowest BCUT2D eigenvalue weighted by molar-refractivity contribution is -0.0486. The van der Waals surface area contributed by atoms with Gasteiger partial charge in [-0.1, -0.05) is 48.5 Å². The van der Waals surface area contributed by atoms with Gasteiger partial charge in [-0.05, 0) is 47.5 Å². The first-order valence-electron chi connectivity index (χ1n) is 7.47. The van der Waals surface area contributed by atoms with Crippen molar-refractivity contribution in [2.24, 2.45) is 0 Å². The predicted molar refractivity (Wildman–Crippen MR) is 86.4 cm³/mol. The fourth-order valence-corrected chi connectivity index (χ4v) is 4.27. The smallest absolute Gasteiger partial charge is 0.111 e. The molecule has 3 aromatic carbocycles. The SMILES string of the molecule is C[C@]12C=C[C@](C)(O1)c1c2c2ccccc2c2ccccc12. The first-order chi connectivity index (χ1) is 10.1. The summed E-state index contributed by atoms with van der Waals surface area (Å²) in [6.07, 6.45) is 4.44. The summed E-state index contributed by atoms with van der Waals surface area (Å²) < 4.78 is 6.42. The van der Waals surface area contributed by atoms with E-state index in [2.05, 4.69) is 74.5 Å². The van der Waals surface area contributed by atoms with Gasteiger partial charge >= 0.3 is 0 Å². The molecule has 3 aromatic rings. The van der Waals surface area contributed by atoms with E-state index in [1.807, 2.05) is 0 Å². The molecule has 2 bridgehead atoms. The fourth-order valence-electron chi connectivity index (χ4n) is 4.27. The highest BCUT2D eigenvalue weighted by atomic mass is 16.5. The van der Waals surface area contributed by atoms with Crippen molar-refractivity contribution in [1.82, 2.24) is 0 Å². The van der Waals surface area contributed by atoms with Gasteiger partial charge in [0.25, 0.3) is 0 Å². The molecule has 0 saturated heterocycles. The molecule has 0 saturated carbocycles. The number of ether oxygens (including phenoxy) is 1. The van der Waals surface area contributed by atoms with Crippen molar-refractivity contribution in [3.63, 3.8) is 0 Å². The minimum absolute atomic E-state index is 0.298. The average Bonchev–Trinajstić information content (AvgIpc) is 2.95. The molecule has 1 heteroatoms. The number of hydrogen-bond donors (Lipinski definition) is 0. The minimum Gasteiger partial charge on any atom is -0.351 e. The highest BCUT2D eigenvalue weighted by Crippen LogP contribution is 2.57. The molecule has 102 valence electrons. The maximum Gasteiger partial charge on any atom is 0.111 e. The molecule has 2 atom stereocenters. The zero-order chi connectivity index (χ0) is 14.2. The van der Waals surface area contributed by atoms with Gasteiger partial charge in [0.1, 0.15) is 11.2 Å². The van der Waals surface area contributed by atoms with E-state index in [4.69, 9.17) is 4.74 Å². The van der Waals surface area contributed by atoms with Gasteiger partial charge < -0.3 is 4.74 Å². The van der Waals surface area contributed by atoms with Crippen LogP contribution in [0.5, 0.6) is 0 Å². The van der Waals surface area contributed by atoms with Gasteiger partial charge in [0, 0.05) is 11.1 Å². The first-order valence-corrected chi connectivity index (χ1v) is 7.47. The molecule has 1 nitrogen and oxygen atoms in total. The lowest BCUT2D eigenvalue weighted by Crippen LogP contribution is -2.17. The van der Waals surface area contributed by atoms with Gasteiger partial charge in [-0.15, -0.1) is 0 Å². The van der Waals surface area contributed by atoms with Gasteiger partial charge in [-0.25, -0.2) is 0 Å². The van der Waals surface area contributed by atoms with Crippen molar-refractivity contribution in [2.75, 3.05) is 0 Å². The van der Waals surface area contributed by atoms with Crippen molar-refractivity contribution >= 4 is 21.5 Å². The third-order valence-corrected chi connectivity index (χ3v) is 5.07. The highest BCUT2D eigenvalue weighted by Gasteiger charge is 2.52. The van der Waals surface area contributed by atoms with Crippen LogP contribution in [0.1, 0.15) is 25.0 Å². The minimum atomic E-state index is -0.298. The second-order valence-corrected chi connectivity index (χ2v) is 6.49. The van der Waals surface area contributed by atoms with Gasteiger partial charge in [0.15, 0.2) is 0 Å². The van der Waals surface area contributed by atoms with Crippen LogP contribution in [0, 0.1) is 0 Å². The normalized spacial score (nSPS) is 29.4. The van der Waals surface area contributed by atoms with E-state index in [0.717, 1.165) is 0 Å². The molecule has 0 fully saturated rings. The summed E-state index contributed by atoms with van der Waals surface area (Å²) in [5.41, 5.74) is 2.10. The molecular formula is C20H16O. The molecule has 0 radical (unpaired) electrons. The van der Waals surface area contributed by atoms with E-state index >= 15 is 0 Å². The van der Waals surface area contributed by atoms with Crippen LogP contribution in [-0.2, 0) is 15.9 Å². The Labute approximate surface area is 123 Å². The first kappa shape index (κ1) is 11.5. The molecule has 0 unspecified atom stereocenters. The van der Waals surface area contributed by atoms with Crippen molar-refractivity contribution < 1.29 is 4.74 Å². The summed E-state index contributed by atoms with van der Waals surface area (Å²) in [6, 6.07) is 17.4. The van der Waals surface area contributed by atoms with E-state index in [9.17, 15) is 0 Å². The fraction of sp³-hybridized carbons (Fsp3) is 0.200. The zero-order valence-electron chi connectivity index (χ0n) is 12.2. The van der Waals surface area contributed by atoms with E-state index < -0.39 is 0 Å². The van der Waals surface area contributed by atoms with Crippen LogP contribution in [0.15, 0.2) is 60.7 Å². The number of hydrogen-bond acceptors (Lipinski definition) is 1. The second kappa shape index (κ2) is 3.37. The van der Waals surface area contributed by atoms with Gasteiger partial charge in [-0.2, -0.15) is 0 Å². The van der Waals surface area contributed by atoms with E-state index in [-0.39, 0.29) is 11.2 Å². The molecule has 2 heterocycles. The standard InChI is InChI=1S/C20H16O/c1-19-11-12-20(2,21-19)18-16-10-6-4-8-14(16)13-7-3-5-9-15(13)17(18)19/h3-12H,1-2H3/t19-,20+. The van der Waals surface area contributed by atoms with Crippen LogP contribution in [0.3, 0.4) is 0 Å². The van der Waals surface area contributed by atoms with E-state index in [1.54, 1.807) is 0 Å². The van der Waals surface area contributed by atoms with Gasteiger partial charge in [-0.3, -0.25) is 0 Å². The summed E-state index contributed by atoms with van der Waals surface area (Å²) in [4.78, 5) is 0. The molecule has 2 aliphatic rings. The monoisotopic (exact) mass is 272 g/mol. The van der Waals surface area contributed by atoms with Crippen LogP contribution in [0.25, 0.3) is 21.5 Å². The maximum absolute atomic E-state index is 6.42. The van der Waals surface area contributed by atoms with Crippen molar-refractivity contribution in [2.45, 2.75) is 25.0 Å².